The van der Waals surface area contributed by atoms with Crippen molar-refractivity contribution in [1.29, 1.82) is 0 Å². The number of hydrogen-bond donors (Lipinski definition) is 1. The van der Waals surface area contributed by atoms with E-state index in [0.29, 0.717) is 0 Å². The van der Waals surface area contributed by atoms with Crippen LogP contribution in [0.3, 0.4) is 0 Å². The van der Waals surface area contributed by atoms with E-state index < -0.39 is 29.9 Å². The van der Waals surface area contributed by atoms with Crippen LogP contribution in [0.2, 0.25) is 0 Å². The summed E-state index contributed by atoms with van der Waals surface area (Å²) in [4.78, 5) is 42.4. The predicted molar refractivity (Wildman–Crippen MR) is 132 cm³/mol. The van der Waals surface area contributed by atoms with E-state index in [-0.39, 0.29) is 30.2 Å². The number of amides is 2. The largest absolute Gasteiger partial charge is 0.469 e. The number of ether oxygens (including phenoxy) is 1. The lowest BCUT2D eigenvalue weighted by Gasteiger charge is -2.33. The Morgan fingerprint density at radius 2 is 1.56 bits per heavy atom. The van der Waals surface area contributed by atoms with Crippen molar-refractivity contribution in [1.82, 2.24) is 10.2 Å². The topological polar surface area (TPSA) is 75.7 Å². The van der Waals surface area contributed by atoms with E-state index >= 15 is 0 Å². The zero-order valence-corrected chi connectivity index (χ0v) is 20.4. The third kappa shape index (κ3) is 5.38. The van der Waals surface area contributed by atoms with Gasteiger partial charge in [0.15, 0.2) is 0 Å². The Bertz CT molecular complexity index is 1010. The molecule has 1 saturated heterocycles. The Morgan fingerprint density at radius 3 is 2.06 bits per heavy atom. The molecule has 2 amide bonds. The van der Waals surface area contributed by atoms with Crippen molar-refractivity contribution < 1.29 is 19.1 Å². The molecule has 4 unspecified atom stereocenters. The van der Waals surface area contributed by atoms with E-state index in [9.17, 15) is 14.4 Å². The summed E-state index contributed by atoms with van der Waals surface area (Å²) in [5.74, 6) is -2.27. The smallest absolute Gasteiger partial charge is 0.311 e. The maximum atomic E-state index is 13.8. The molecule has 4 atom stereocenters. The number of nitrogens with one attached hydrogen (secondary N) is 1. The first-order valence-corrected chi connectivity index (χ1v) is 11.6. The normalized spacial score (nSPS) is 22.2. The van der Waals surface area contributed by atoms with Gasteiger partial charge in [0.05, 0.1) is 19.1 Å². The second kappa shape index (κ2) is 10.7. The van der Waals surface area contributed by atoms with E-state index in [1.54, 1.807) is 11.0 Å². The summed E-state index contributed by atoms with van der Waals surface area (Å²) in [6.45, 7) is 9.90. The molecule has 0 radical (unpaired) electrons. The Kier molecular flexibility index (Phi) is 7.92. The van der Waals surface area contributed by atoms with Crippen LogP contribution in [0.15, 0.2) is 73.3 Å². The molecule has 6 heteroatoms. The van der Waals surface area contributed by atoms with Gasteiger partial charge in [-0.15, -0.1) is 6.58 Å². The molecule has 180 valence electrons. The average Bonchev–Trinajstić information content (AvgIpc) is 3.18. The molecule has 0 spiro atoms. The van der Waals surface area contributed by atoms with Crippen molar-refractivity contribution in [3.05, 3.63) is 84.4 Å². The van der Waals surface area contributed by atoms with Crippen LogP contribution < -0.4 is 5.32 Å². The molecule has 0 saturated carbocycles. The van der Waals surface area contributed by atoms with Gasteiger partial charge < -0.3 is 15.0 Å². The van der Waals surface area contributed by atoms with Crippen molar-refractivity contribution >= 4 is 17.8 Å². The maximum Gasteiger partial charge on any atom is 0.311 e. The quantitative estimate of drug-likeness (QED) is 0.493. The van der Waals surface area contributed by atoms with E-state index in [1.807, 2.05) is 81.4 Å². The summed E-state index contributed by atoms with van der Waals surface area (Å²) in [5.41, 5.74) is 1.30. The first-order valence-electron chi connectivity index (χ1n) is 11.6. The Hall–Kier alpha value is -3.41. The molecule has 3 rings (SSSR count). The van der Waals surface area contributed by atoms with E-state index in [2.05, 4.69) is 11.9 Å². The summed E-state index contributed by atoms with van der Waals surface area (Å²) >= 11 is 0. The minimum atomic E-state index is -0.883. The van der Waals surface area contributed by atoms with Gasteiger partial charge in [-0.05, 0) is 16.5 Å². The molecule has 1 N–H and O–H groups in total. The monoisotopic (exact) mass is 462 g/mol. The first kappa shape index (κ1) is 25.2. The fourth-order valence-electron chi connectivity index (χ4n) is 4.83. The molecule has 1 heterocycles. The lowest BCUT2D eigenvalue weighted by molar-refractivity contribution is -0.148. The fraction of sp³-hybridized carbons (Fsp3) is 0.393. The number of esters is 1. The number of nitrogens with zero attached hydrogens (tertiary/aromatic N) is 1. The summed E-state index contributed by atoms with van der Waals surface area (Å²) in [6, 6.07) is 17.3. The van der Waals surface area contributed by atoms with Crippen LogP contribution in [-0.2, 0) is 19.1 Å². The van der Waals surface area contributed by atoms with E-state index in [1.165, 1.54) is 7.11 Å². The molecular formula is C28H34N2O4. The molecular weight excluding hydrogens is 428 g/mol. The van der Waals surface area contributed by atoms with Crippen LogP contribution in [-0.4, -0.2) is 42.4 Å². The van der Waals surface area contributed by atoms with Gasteiger partial charge in [-0.3, -0.25) is 14.4 Å². The number of likely N-dealkylation sites (tertiary alicyclic amines) is 1. The highest BCUT2D eigenvalue weighted by atomic mass is 16.5. The first-order chi connectivity index (χ1) is 16.2. The minimum absolute atomic E-state index is 0.174. The summed E-state index contributed by atoms with van der Waals surface area (Å²) < 4.78 is 5.25. The lowest BCUT2D eigenvalue weighted by Crippen LogP contribution is -2.49. The third-order valence-corrected chi connectivity index (χ3v) is 6.12. The van der Waals surface area contributed by atoms with Crippen molar-refractivity contribution in [3.8, 4) is 0 Å². The standard InChI is InChI=1S/C28H34N2O4/c1-6-17-29-26(32)25-22(19-13-9-7-10-14-19)23(27(33)34-5)24(20-15-11-8-12-16-20)30(25)21(31)18-28(2,3)4/h6-16,22-25H,1,17-18H2,2-5H3,(H,29,32). The highest BCUT2D eigenvalue weighted by molar-refractivity contribution is 5.92. The van der Waals surface area contributed by atoms with Crippen molar-refractivity contribution in [2.45, 2.75) is 45.2 Å². The van der Waals surface area contributed by atoms with Gasteiger partial charge in [0.2, 0.25) is 11.8 Å². The number of hydrogen-bond acceptors (Lipinski definition) is 4. The number of carbonyl (C=O) groups excluding carboxylic acids is 3. The lowest BCUT2D eigenvalue weighted by atomic mass is 9.80. The van der Waals surface area contributed by atoms with Gasteiger partial charge in [-0.1, -0.05) is 87.5 Å². The predicted octanol–water partition coefficient (Wildman–Crippen LogP) is 4.25. The number of benzene rings is 2. The van der Waals surface area contributed by atoms with E-state index in [4.69, 9.17) is 4.74 Å². The number of rotatable bonds is 7. The molecule has 0 aliphatic carbocycles. The van der Waals surface area contributed by atoms with E-state index in [0.717, 1.165) is 11.1 Å². The zero-order valence-electron chi connectivity index (χ0n) is 20.4. The highest BCUT2D eigenvalue weighted by Crippen LogP contribution is 2.51. The minimum Gasteiger partial charge on any atom is -0.469 e. The summed E-state index contributed by atoms with van der Waals surface area (Å²) in [6.07, 6.45) is 1.83. The van der Waals surface area contributed by atoms with Crippen LogP contribution in [0.25, 0.3) is 0 Å². The average molecular weight is 463 g/mol. The highest BCUT2D eigenvalue weighted by Gasteiger charge is 2.57. The van der Waals surface area contributed by atoms with Crippen molar-refractivity contribution in [3.63, 3.8) is 0 Å². The zero-order chi connectivity index (χ0) is 24.9. The second-order valence-electron chi connectivity index (χ2n) is 9.86. The van der Waals surface area contributed by atoms with Crippen LogP contribution in [0.1, 0.15) is 50.3 Å². The van der Waals surface area contributed by atoms with Gasteiger partial charge in [0, 0.05) is 18.9 Å². The van der Waals surface area contributed by atoms with Crippen LogP contribution in [0.5, 0.6) is 0 Å². The molecule has 1 aliphatic rings. The van der Waals surface area contributed by atoms with Crippen LogP contribution in [0.4, 0.5) is 0 Å². The second-order valence-corrected chi connectivity index (χ2v) is 9.86. The molecule has 1 aliphatic heterocycles. The van der Waals surface area contributed by atoms with Crippen molar-refractivity contribution in [2.24, 2.45) is 11.3 Å². The summed E-state index contributed by atoms with van der Waals surface area (Å²) in [7, 11) is 1.35. The Morgan fingerprint density at radius 1 is 1.00 bits per heavy atom. The van der Waals surface area contributed by atoms with Gasteiger partial charge in [-0.2, -0.15) is 0 Å². The Labute approximate surface area is 202 Å². The molecule has 6 nitrogen and oxygen atoms in total. The number of methoxy groups -OCH3 is 1. The molecule has 0 aromatic heterocycles. The molecule has 2 aromatic carbocycles. The van der Waals surface area contributed by atoms with Crippen molar-refractivity contribution in [2.75, 3.05) is 13.7 Å². The third-order valence-electron chi connectivity index (χ3n) is 6.12. The SMILES string of the molecule is C=CCNC(=O)C1C(c2ccccc2)C(C(=O)OC)C(c2ccccc2)N1C(=O)CC(C)(C)C. The van der Waals surface area contributed by atoms with Gasteiger partial charge in [-0.25, -0.2) is 0 Å². The van der Waals surface area contributed by atoms with Crippen LogP contribution in [0, 0.1) is 11.3 Å². The molecule has 0 bridgehead atoms. The fourth-order valence-corrected chi connectivity index (χ4v) is 4.83. The molecule has 34 heavy (non-hydrogen) atoms. The molecule has 2 aromatic rings. The van der Waals surface area contributed by atoms with Crippen LogP contribution >= 0.6 is 0 Å². The van der Waals surface area contributed by atoms with Gasteiger partial charge in [0.1, 0.15) is 6.04 Å². The maximum absolute atomic E-state index is 13.8. The Balaban J connectivity index is 2.26. The molecule has 1 fully saturated rings. The van der Waals surface area contributed by atoms with Gasteiger partial charge >= 0.3 is 5.97 Å². The van der Waals surface area contributed by atoms with Gasteiger partial charge in [0.25, 0.3) is 0 Å². The number of carbonyl (C=O) groups is 3. The summed E-state index contributed by atoms with van der Waals surface area (Å²) in [5, 5.41) is 2.87.